The molecule has 0 aromatic heterocycles. The molecule has 1 fully saturated rings. The lowest BCUT2D eigenvalue weighted by atomic mass is 9.78. The summed E-state index contributed by atoms with van der Waals surface area (Å²) in [4.78, 5) is 38.4. The first-order valence-electron chi connectivity index (χ1n) is 11.0. The molecule has 0 saturated carbocycles. The fourth-order valence-electron chi connectivity index (χ4n) is 4.30. The Hall–Kier alpha value is -2.83. The Balaban J connectivity index is 1.89. The molecule has 1 saturated heterocycles. The molecular formula is C25H35NO6. The first-order valence-corrected chi connectivity index (χ1v) is 11.0. The zero-order valence-corrected chi connectivity index (χ0v) is 19.8. The quantitative estimate of drug-likeness (QED) is 0.248. The van der Waals surface area contributed by atoms with Crippen LogP contribution in [0.25, 0.3) is 0 Å². The number of benzene rings is 1. The average Bonchev–Trinajstić information content (AvgIpc) is 2.68. The molecule has 0 radical (unpaired) electrons. The van der Waals surface area contributed by atoms with Gasteiger partial charge in [-0.1, -0.05) is 36.9 Å². The van der Waals surface area contributed by atoms with Crippen LogP contribution in [0, 0.1) is 0 Å². The standard InChI is InChI=1S/C25H35NO6/c1-18(2)22(28)30-14-10-13-21(27)32-20-15-24(3,4)26(25(5,6)16-20)23(29)31-17-19-11-8-7-9-12-19/h7-9,11-12,20H,1,10,13-17H2,2-6H3. The van der Waals surface area contributed by atoms with Gasteiger partial charge in [-0.3, -0.25) is 9.69 Å². The van der Waals surface area contributed by atoms with Crippen LogP contribution in [0.5, 0.6) is 0 Å². The van der Waals surface area contributed by atoms with Gasteiger partial charge in [-0.2, -0.15) is 0 Å². The third-order valence-corrected chi connectivity index (χ3v) is 5.46. The molecule has 0 atom stereocenters. The highest BCUT2D eigenvalue weighted by Crippen LogP contribution is 2.40. The fourth-order valence-corrected chi connectivity index (χ4v) is 4.30. The lowest BCUT2D eigenvalue weighted by Gasteiger charge is -2.53. The molecule has 0 N–H and O–H groups in total. The molecule has 0 spiro atoms. The van der Waals surface area contributed by atoms with E-state index in [-0.39, 0.29) is 37.8 Å². The van der Waals surface area contributed by atoms with Gasteiger partial charge in [0.1, 0.15) is 12.7 Å². The summed E-state index contributed by atoms with van der Waals surface area (Å²) < 4.78 is 16.3. The Kier molecular flexibility index (Phi) is 8.47. The molecule has 176 valence electrons. The van der Waals surface area contributed by atoms with Gasteiger partial charge in [0, 0.05) is 35.9 Å². The predicted molar refractivity (Wildman–Crippen MR) is 121 cm³/mol. The molecule has 1 aliphatic heterocycles. The van der Waals surface area contributed by atoms with E-state index in [1.165, 1.54) is 0 Å². The Bertz CT molecular complexity index is 812. The molecular weight excluding hydrogens is 410 g/mol. The van der Waals surface area contributed by atoms with Gasteiger partial charge in [-0.25, -0.2) is 9.59 Å². The maximum atomic E-state index is 13.0. The first-order chi connectivity index (χ1) is 14.9. The number of ether oxygens (including phenoxy) is 3. The maximum Gasteiger partial charge on any atom is 0.410 e. The van der Waals surface area contributed by atoms with E-state index in [1.807, 2.05) is 58.0 Å². The van der Waals surface area contributed by atoms with Crippen LogP contribution in [0.15, 0.2) is 42.5 Å². The smallest absolute Gasteiger partial charge is 0.410 e. The number of esters is 2. The monoisotopic (exact) mass is 445 g/mol. The minimum atomic E-state index is -0.558. The zero-order valence-electron chi connectivity index (χ0n) is 19.8. The largest absolute Gasteiger partial charge is 0.462 e. The van der Waals surface area contributed by atoms with E-state index >= 15 is 0 Å². The number of piperidine rings is 1. The number of rotatable bonds is 8. The highest BCUT2D eigenvalue weighted by Gasteiger charge is 2.49. The SMILES string of the molecule is C=C(C)C(=O)OCCCC(=O)OC1CC(C)(C)N(C(=O)OCc2ccccc2)C(C)(C)C1. The minimum Gasteiger partial charge on any atom is -0.462 e. The van der Waals surface area contributed by atoms with Gasteiger partial charge in [-0.15, -0.1) is 0 Å². The summed E-state index contributed by atoms with van der Waals surface area (Å²) in [5.41, 5.74) is 0.134. The topological polar surface area (TPSA) is 82.1 Å². The van der Waals surface area contributed by atoms with Crippen LogP contribution >= 0.6 is 0 Å². The number of likely N-dealkylation sites (tertiary alicyclic amines) is 1. The fraction of sp³-hybridized carbons (Fsp3) is 0.560. The highest BCUT2D eigenvalue weighted by atomic mass is 16.6. The Labute approximate surface area is 190 Å². The molecule has 1 aromatic rings. The van der Waals surface area contributed by atoms with Crippen LogP contribution in [-0.4, -0.2) is 46.7 Å². The molecule has 1 heterocycles. The van der Waals surface area contributed by atoms with Gasteiger partial charge in [0.2, 0.25) is 0 Å². The third-order valence-electron chi connectivity index (χ3n) is 5.46. The lowest BCUT2D eigenvalue weighted by molar-refractivity contribution is -0.159. The maximum absolute atomic E-state index is 13.0. The predicted octanol–water partition coefficient (Wildman–Crippen LogP) is 4.79. The van der Waals surface area contributed by atoms with Gasteiger partial charge < -0.3 is 14.2 Å². The van der Waals surface area contributed by atoms with Crippen molar-refractivity contribution in [2.45, 2.75) is 84.1 Å². The summed E-state index contributed by atoms with van der Waals surface area (Å²) in [5, 5.41) is 0. The third kappa shape index (κ3) is 7.11. The minimum absolute atomic E-state index is 0.142. The van der Waals surface area contributed by atoms with E-state index in [1.54, 1.807) is 11.8 Å². The van der Waals surface area contributed by atoms with Crippen molar-refractivity contribution >= 4 is 18.0 Å². The van der Waals surface area contributed by atoms with Gasteiger partial charge in [0.05, 0.1) is 6.61 Å². The summed E-state index contributed by atoms with van der Waals surface area (Å²) in [6, 6.07) is 9.55. The zero-order chi connectivity index (χ0) is 23.9. The van der Waals surface area contributed by atoms with Crippen molar-refractivity contribution in [3.8, 4) is 0 Å². The van der Waals surface area contributed by atoms with E-state index < -0.39 is 17.0 Å². The second-order valence-electron chi connectivity index (χ2n) is 9.54. The van der Waals surface area contributed by atoms with Crippen LogP contribution in [0.4, 0.5) is 4.79 Å². The van der Waals surface area contributed by atoms with Crippen LogP contribution in [-0.2, 0) is 30.4 Å². The number of carbonyl (C=O) groups is 3. The molecule has 32 heavy (non-hydrogen) atoms. The van der Waals surface area contributed by atoms with Crippen molar-refractivity contribution < 1.29 is 28.6 Å². The molecule has 7 nitrogen and oxygen atoms in total. The molecule has 1 aliphatic rings. The first kappa shape index (κ1) is 25.4. The summed E-state index contributed by atoms with van der Waals surface area (Å²) >= 11 is 0. The number of nitrogens with zero attached hydrogens (tertiary/aromatic N) is 1. The Morgan fingerprint density at radius 3 is 2.19 bits per heavy atom. The summed E-state index contributed by atoms with van der Waals surface area (Å²) in [6.45, 7) is 13.3. The van der Waals surface area contributed by atoms with Crippen LogP contribution in [0.2, 0.25) is 0 Å². The second-order valence-corrected chi connectivity index (χ2v) is 9.54. The molecule has 1 aromatic carbocycles. The number of hydrogen-bond donors (Lipinski definition) is 0. The van der Waals surface area contributed by atoms with Crippen LogP contribution in [0.3, 0.4) is 0 Å². The van der Waals surface area contributed by atoms with Crippen molar-refractivity contribution in [2.24, 2.45) is 0 Å². The van der Waals surface area contributed by atoms with Gasteiger partial charge in [-0.05, 0) is 46.6 Å². The normalized spacial score (nSPS) is 17.3. The average molecular weight is 446 g/mol. The summed E-state index contributed by atoms with van der Waals surface area (Å²) in [6.07, 6.45) is 0.857. The Morgan fingerprint density at radius 1 is 1.03 bits per heavy atom. The molecule has 0 bridgehead atoms. The van der Waals surface area contributed by atoms with Crippen molar-refractivity contribution in [1.29, 1.82) is 0 Å². The second kappa shape index (κ2) is 10.7. The van der Waals surface area contributed by atoms with Gasteiger partial charge >= 0.3 is 18.0 Å². The van der Waals surface area contributed by atoms with Crippen molar-refractivity contribution in [2.75, 3.05) is 6.61 Å². The van der Waals surface area contributed by atoms with E-state index in [0.29, 0.717) is 24.8 Å². The van der Waals surface area contributed by atoms with E-state index in [0.717, 1.165) is 5.56 Å². The molecule has 7 heteroatoms. The van der Waals surface area contributed by atoms with E-state index in [9.17, 15) is 14.4 Å². The van der Waals surface area contributed by atoms with Crippen molar-refractivity contribution in [3.63, 3.8) is 0 Å². The molecule has 0 unspecified atom stereocenters. The summed E-state index contributed by atoms with van der Waals surface area (Å²) in [5.74, 6) is -0.804. The van der Waals surface area contributed by atoms with Crippen LogP contribution in [0.1, 0.15) is 65.9 Å². The molecule has 0 aliphatic carbocycles. The lowest BCUT2D eigenvalue weighted by Crippen LogP contribution is -2.64. The molecule has 2 rings (SSSR count). The summed E-state index contributed by atoms with van der Waals surface area (Å²) in [7, 11) is 0. The number of amides is 1. The molecule has 1 amide bonds. The Morgan fingerprint density at radius 2 is 1.62 bits per heavy atom. The van der Waals surface area contributed by atoms with Crippen LogP contribution < -0.4 is 0 Å². The van der Waals surface area contributed by atoms with E-state index in [4.69, 9.17) is 14.2 Å². The van der Waals surface area contributed by atoms with Gasteiger partial charge in [0.25, 0.3) is 0 Å². The van der Waals surface area contributed by atoms with Crippen molar-refractivity contribution in [1.82, 2.24) is 4.90 Å². The number of carbonyl (C=O) groups excluding carboxylic acids is 3. The number of hydrogen-bond acceptors (Lipinski definition) is 6. The van der Waals surface area contributed by atoms with Crippen molar-refractivity contribution in [3.05, 3.63) is 48.0 Å². The van der Waals surface area contributed by atoms with Gasteiger partial charge in [0.15, 0.2) is 0 Å². The van der Waals surface area contributed by atoms with E-state index in [2.05, 4.69) is 6.58 Å². The highest BCUT2D eigenvalue weighted by molar-refractivity contribution is 5.86.